The Bertz CT molecular complexity index is 1340. The molecule has 7 heteroatoms. The Morgan fingerprint density at radius 2 is 1.86 bits per heavy atom. The van der Waals surface area contributed by atoms with Crippen molar-refractivity contribution in [2.45, 2.75) is 6.92 Å². The molecule has 1 amide bonds. The molecule has 0 unspecified atom stereocenters. The SMILES string of the molecule is Cc1cccc(-c2nc3cc(NC(=O)c4ccc5nsnc5c4)ccc3o2)c1. The van der Waals surface area contributed by atoms with Crippen LogP contribution in [-0.2, 0) is 0 Å². The zero-order valence-corrected chi connectivity index (χ0v) is 15.7. The minimum absolute atomic E-state index is 0.211. The van der Waals surface area contributed by atoms with E-state index in [1.807, 2.05) is 37.3 Å². The first-order valence-corrected chi connectivity index (χ1v) is 9.40. The van der Waals surface area contributed by atoms with Gasteiger partial charge in [-0.2, -0.15) is 8.75 Å². The minimum Gasteiger partial charge on any atom is -0.436 e. The van der Waals surface area contributed by atoms with Crippen LogP contribution in [0.25, 0.3) is 33.6 Å². The Morgan fingerprint density at radius 1 is 0.964 bits per heavy atom. The molecule has 0 spiro atoms. The van der Waals surface area contributed by atoms with E-state index in [0.29, 0.717) is 33.8 Å². The summed E-state index contributed by atoms with van der Waals surface area (Å²) in [4.78, 5) is 17.1. The summed E-state index contributed by atoms with van der Waals surface area (Å²) in [7, 11) is 0. The number of nitrogens with zero attached hydrogens (tertiary/aromatic N) is 3. The van der Waals surface area contributed by atoms with Gasteiger partial charge < -0.3 is 9.73 Å². The van der Waals surface area contributed by atoms with Crippen molar-refractivity contribution in [2.24, 2.45) is 0 Å². The van der Waals surface area contributed by atoms with Crippen LogP contribution < -0.4 is 5.32 Å². The molecule has 0 fully saturated rings. The van der Waals surface area contributed by atoms with Gasteiger partial charge in [0.1, 0.15) is 16.6 Å². The molecule has 0 aliphatic rings. The summed E-state index contributed by atoms with van der Waals surface area (Å²) in [6, 6.07) is 18.7. The molecule has 0 atom stereocenters. The van der Waals surface area contributed by atoms with Gasteiger partial charge in [-0.3, -0.25) is 4.79 Å². The van der Waals surface area contributed by atoms with Crippen LogP contribution in [0.5, 0.6) is 0 Å². The van der Waals surface area contributed by atoms with Crippen LogP contribution in [-0.4, -0.2) is 19.6 Å². The first-order chi connectivity index (χ1) is 13.7. The Labute approximate surface area is 164 Å². The van der Waals surface area contributed by atoms with Gasteiger partial charge in [0.25, 0.3) is 5.91 Å². The van der Waals surface area contributed by atoms with Crippen LogP contribution in [0, 0.1) is 6.92 Å². The van der Waals surface area contributed by atoms with Crippen molar-refractivity contribution >= 4 is 45.5 Å². The molecule has 3 aromatic carbocycles. The number of carbonyl (C=O) groups is 1. The van der Waals surface area contributed by atoms with E-state index in [0.717, 1.165) is 28.4 Å². The van der Waals surface area contributed by atoms with Gasteiger partial charge in [0.05, 0.1) is 11.7 Å². The molecule has 2 aromatic heterocycles. The van der Waals surface area contributed by atoms with Crippen LogP contribution in [0.15, 0.2) is 65.1 Å². The molecular formula is C21H14N4O2S. The molecule has 0 aliphatic carbocycles. The lowest BCUT2D eigenvalue weighted by molar-refractivity contribution is 0.102. The number of fused-ring (bicyclic) bond motifs is 2. The lowest BCUT2D eigenvalue weighted by Crippen LogP contribution is -2.11. The number of nitrogens with one attached hydrogen (secondary N) is 1. The second-order valence-corrected chi connectivity index (χ2v) is 7.02. The monoisotopic (exact) mass is 386 g/mol. The van der Waals surface area contributed by atoms with E-state index in [1.54, 1.807) is 30.3 Å². The Hall–Kier alpha value is -3.58. The molecule has 0 saturated carbocycles. The number of benzene rings is 3. The molecule has 6 nitrogen and oxygen atoms in total. The third-order valence-corrected chi connectivity index (χ3v) is 4.98. The van der Waals surface area contributed by atoms with Crippen molar-refractivity contribution in [3.05, 3.63) is 71.8 Å². The first kappa shape index (κ1) is 16.6. The molecule has 136 valence electrons. The molecule has 2 heterocycles. The number of hydrogen-bond donors (Lipinski definition) is 1. The smallest absolute Gasteiger partial charge is 0.255 e. The molecule has 0 bridgehead atoms. The molecule has 28 heavy (non-hydrogen) atoms. The third-order valence-electron chi connectivity index (χ3n) is 4.43. The Kier molecular flexibility index (Phi) is 3.87. The molecule has 1 N–H and O–H groups in total. The van der Waals surface area contributed by atoms with E-state index in [1.165, 1.54) is 0 Å². The number of oxazole rings is 1. The molecular weight excluding hydrogens is 372 g/mol. The number of amides is 1. The van der Waals surface area contributed by atoms with Gasteiger partial charge in [-0.1, -0.05) is 17.7 Å². The second-order valence-electron chi connectivity index (χ2n) is 6.49. The highest BCUT2D eigenvalue weighted by Gasteiger charge is 2.12. The topological polar surface area (TPSA) is 80.9 Å². The van der Waals surface area contributed by atoms with Crippen LogP contribution in [0.4, 0.5) is 5.69 Å². The summed E-state index contributed by atoms with van der Waals surface area (Å²) in [5.41, 5.74) is 6.10. The van der Waals surface area contributed by atoms with Crippen molar-refractivity contribution < 1.29 is 9.21 Å². The van der Waals surface area contributed by atoms with Crippen molar-refractivity contribution in [1.29, 1.82) is 0 Å². The number of aromatic nitrogens is 3. The first-order valence-electron chi connectivity index (χ1n) is 8.67. The van der Waals surface area contributed by atoms with Gasteiger partial charge in [-0.15, -0.1) is 0 Å². The standard InChI is InChI=1S/C21H14N4O2S/c1-12-3-2-4-14(9-12)21-23-18-11-15(6-8-19(18)27-21)22-20(26)13-5-7-16-17(10-13)25-28-24-16/h2-11H,1H3,(H,22,26). The minimum atomic E-state index is -0.211. The normalized spacial score (nSPS) is 11.2. The fourth-order valence-electron chi connectivity index (χ4n) is 3.03. The maximum Gasteiger partial charge on any atom is 0.255 e. The molecule has 0 radical (unpaired) electrons. The van der Waals surface area contributed by atoms with E-state index in [4.69, 9.17) is 4.42 Å². The zero-order chi connectivity index (χ0) is 19.1. The lowest BCUT2D eigenvalue weighted by Gasteiger charge is -2.04. The largest absolute Gasteiger partial charge is 0.436 e. The third kappa shape index (κ3) is 3.01. The fraction of sp³-hybridized carbons (Fsp3) is 0.0476. The van der Waals surface area contributed by atoms with Crippen LogP contribution in [0.2, 0.25) is 0 Å². The molecule has 5 aromatic rings. The Morgan fingerprint density at radius 3 is 2.75 bits per heavy atom. The van der Waals surface area contributed by atoms with Crippen molar-refractivity contribution in [1.82, 2.24) is 13.7 Å². The number of aryl methyl sites for hydroxylation is 1. The summed E-state index contributed by atoms with van der Waals surface area (Å²) in [6.45, 7) is 2.03. The summed E-state index contributed by atoms with van der Waals surface area (Å²) in [6.07, 6.45) is 0. The van der Waals surface area contributed by atoms with E-state index in [9.17, 15) is 4.79 Å². The zero-order valence-electron chi connectivity index (χ0n) is 14.8. The molecule has 0 aliphatic heterocycles. The van der Waals surface area contributed by atoms with E-state index in [-0.39, 0.29) is 5.91 Å². The predicted molar refractivity (Wildman–Crippen MR) is 110 cm³/mol. The van der Waals surface area contributed by atoms with E-state index in [2.05, 4.69) is 19.0 Å². The highest BCUT2D eigenvalue weighted by atomic mass is 32.1. The number of anilines is 1. The molecule has 5 rings (SSSR count). The summed E-state index contributed by atoms with van der Waals surface area (Å²) in [5.74, 6) is 0.348. The van der Waals surface area contributed by atoms with Crippen molar-refractivity contribution in [2.75, 3.05) is 5.32 Å². The number of rotatable bonds is 3. The number of carbonyl (C=O) groups excluding carboxylic acids is 1. The van der Waals surface area contributed by atoms with E-state index < -0.39 is 0 Å². The van der Waals surface area contributed by atoms with Gasteiger partial charge in [0, 0.05) is 16.8 Å². The summed E-state index contributed by atoms with van der Waals surface area (Å²) >= 11 is 1.13. The molecule has 0 saturated heterocycles. The summed E-state index contributed by atoms with van der Waals surface area (Å²) < 4.78 is 14.2. The summed E-state index contributed by atoms with van der Waals surface area (Å²) in [5, 5.41) is 2.90. The Balaban J connectivity index is 1.43. The van der Waals surface area contributed by atoms with Crippen LogP contribution in [0.1, 0.15) is 15.9 Å². The van der Waals surface area contributed by atoms with Gasteiger partial charge in [-0.05, 0) is 55.5 Å². The van der Waals surface area contributed by atoms with Crippen molar-refractivity contribution in [3.63, 3.8) is 0 Å². The maximum absolute atomic E-state index is 12.6. The van der Waals surface area contributed by atoms with Crippen LogP contribution >= 0.6 is 11.7 Å². The second kappa shape index (κ2) is 6.54. The highest BCUT2D eigenvalue weighted by Crippen LogP contribution is 2.27. The van der Waals surface area contributed by atoms with Gasteiger partial charge in [0.15, 0.2) is 5.58 Å². The highest BCUT2D eigenvalue weighted by molar-refractivity contribution is 7.00. The van der Waals surface area contributed by atoms with Gasteiger partial charge >= 0.3 is 0 Å². The predicted octanol–water partition coefficient (Wildman–Crippen LogP) is 5.06. The number of hydrogen-bond acceptors (Lipinski definition) is 6. The van der Waals surface area contributed by atoms with E-state index >= 15 is 0 Å². The fourth-order valence-corrected chi connectivity index (χ4v) is 3.55. The lowest BCUT2D eigenvalue weighted by atomic mass is 10.1. The average Bonchev–Trinajstić information content (AvgIpc) is 3.33. The van der Waals surface area contributed by atoms with Crippen molar-refractivity contribution in [3.8, 4) is 11.5 Å². The average molecular weight is 386 g/mol. The van der Waals surface area contributed by atoms with Gasteiger partial charge in [-0.25, -0.2) is 4.98 Å². The maximum atomic E-state index is 12.6. The van der Waals surface area contributed by atoms with Gasteiger partial charge in [0.2, 0.25) is 5.89 Å². The quantitative estimate of drug-likeness (QED) is 0.469. The van der Waals surface area contributed by atoms with Crippen LogP contribution in [0.3, 0.4) is 0 Å².